The molecule has 3 aromatic rings. The van der Waals surface area contributed by atoms with Crippen LogP contribution in [0.5, 0.6) is 0 Å². The third-order valence-electron chi connectivity index (χ3n) is 5.74. The minimum absolute atomic E-state index is 0.203. The molecule has 0 atom stereocenters. The van der Waals surface area contributed by atoms with E-state index in [1.54, 1.807) is 12.1 Å². The second kappa shape index (κ2) is 8.47. The minimum atomic E-state index is -0.397. The van der Waals surface area contributed by atoms with E-state index in [9.17, 15) is 9.59 Å². The molecule has 2 amide bonds. The van der Waals surface area contributed by atoms with Gasteiger partial charge in [-0.05, 0) is 55.0 Å². The molecule has 150 valence electrons. The molecule has 29 heavy (non-hydrogen) atoms. The van der Waals surface area contributed by atoms with E-state index in [4.69, 9.17) is 5.73 Å². The predicted molar refractivity (Wildman–Crippen MR) is 112 cm³/mol. The number of aromatic amines is 1. The van der Waals surface area contributed by atoms with Gasteiger partial charge in [-0.15, -0.1) is 0 Å². The van der Waals surface area contributed by atoms with Crippen LogP contribution in [0.1, 0.15) is 41.0 Å². The molecule has 1 fully saturated rings. The van der Waals surface area contributed by atoms with Crippen LogP contribution in [0.3, 0.4) is 0 Å². The van der Waals surface area contributed by atoms with E-state index in [1.807, 2.05) is 41.3 Å². The number of fused-ring (bicyclic) bond motifs is 1. The summed E-state index contributed by atoms with van der Waals surface area (Å²) in [5.41, 5.74) is 9.00. The van der Waals surface area contributed by atoms with Gasteiger partial charge in [-0.1, -0.05) is 24.3 Å². The topological polar surface area (TPSA) is 92.1 Å². The van der Waals surface area contributed by atoms with E-state index < -0.39 is 5.91 Å². The molecular weight excluding hydrogens is 364 g/mol. The van der Waals surface area contributed by atoms with E-state index >= 15 is 0 Å². The smallest absolute Gasteiger partial charge is 0.248 e. The van der Waals surface area contributed by atoms with Crippen molar-refractivity contribution < 1.29 is 9.59 Å². The summed E-state index contributed by atoms with van der Waals surface area (Å²) < 4.78 is 0. The Kier molecular flexibility index (Phi) is 5.60. The molecule has 3 N–H and O–H groups in total. The summed E-state index contributed by atoms with van der Waals surface area (Å²) in [5.74, 6) is 1.24. The van der Waals surface area contributed by atoms with Crippen molar-refractivity contribution in [3.05, 3.63) is 65.5 Å². The Hall–Kier alpha value is -3.15. The molecule has 1 aliphatic rings. The first-order valence-electron chi connectivity index (χ1n) is 10.2. The van der Waals surface area contributed by atoms with Crippen LogP contribution in [-0.2, 0) is 17.6 Å². The van der Waals surface area contributed by atoms with Crippen LogP contribution in [0.15, 0.2) is 48.5 Å². The molecule has 2 heterocycles. The number of amides is 2. The summed E-state index contributed by atoms with van der Waals surface area (Å²) in [7, 11) is 0. The molecule has 1 saturated heterocycles. The second-order valence-electron chi connectivity index (χ2n) is 7.79. The first-order chi connectivity index (χ1) is 14.1. The van der Waals surface area contributed by atoms with E-state index in [2.05, 4.69) is 9.97 Å². The highest BCUT2D eigenvalue weighted by Gasteiger charge is 2.23. The number of nitrogens with zero attached hydrogens (tertiary/aromatic N) is 2. The van der Waals surface area contributed by atoms with Crippen molar-refractivity contribution in [1.82, 2.24) is 14.9 Å². The van der Waals surface area contributed by atoms with Crippen LogP contribution < -0.4 is 5.73 Å². The van der Waals surface area contributed by atoms with E-state index in [0.717, 1.165) is 49.2 Å². The van der Waals surface area contributed by atoms with Crippen molar-refractivity contribution in [3.63, 3.8) is 0 Å². The summed E-state index contributed by atoms with van der Waals surface area (Å²) in [5, 5.41) is 0. The Morgan fingerprint density at radius 2 is 1.79 bits per heavy atom. The molecule has 6 nitrogen and oxygen atoms in total. The molecule has 4 rings (SSSR count). The third-order valence-corrected chi connectivity index (χ3v) is 5.74. The van der Waals surface area contributed by atoms with Gasteiger partial charge in [-0.25, -0.2) is 4.98 Å². The van der Waals surface area contributed by atoms with Gasteiger partial charge in [-0.3, -0.25) is 9.59 Å². The molecule has 0 unspecified atom stereocenters. The van der Waals surface area contributed by atoms with Crippen LogP contribution >= 0.6 is 0 Å². The fourth-order valence-corrected chi connectivity index (χ4v) is 4.03. The highest BCUT2D eigenvalue weighted by Crippen LogP contribution is 2.23. The fourth-order valence-electron chi connectivity index (χ4n) is 4.03. The number of para-hydroxylation sites is 2. The molecule has 0 aliphatic carbocycles. The van der Waals surface area contributed by atoms with Crippen LogP contribution in [0.25, 0.3) is 11.0 Å². The molecule has 0 bridgehead atoms. The molecule has 2 aromatic carbocycles. The number of carbonyl (C=O) groups is 2. The van der Waals surface area contributed by atoms with Gasteiger partial charge in [0.15, 0.2) is 0 Å². The summed E-state index contributed by atoms with van der Waals surface area (Å²) >= 11 is 0. The lowest BCUT2D eigenvalue weighted by atomic mass is 9.89. The first kappa shape index (κ1) is 19.2. The van der Waals surface area contributed by atoms with Crippen LogP contribution in [0.4, 0.5) is 0 Å². The molecule has 0 saturated carbocycles. The van der Waals surface area contributed by atoms with Gasteiger partial charge in [-0.2, -0.15) is 0 Å². The number of aromatic nitrogens is 2. The van der Waals surface area contributed by atoms with Crippen molar-refractivity contribution >= 4 is 22.8 Å². The monoisotopic (exact) mass is 390 g/mol. The normalized spacial score (nSPS) is 15.0. The van der Waals surface area contributed by atoms with E-state index in [1.165, 1.54) is 5.56 Å². The lowest BCUT2D eigenvalue weighted by Gasteiger charge is -2.32. The number of likely N-dealkylation sites (tertiary alicyclic amines) is 1. The quantitative estimate of drug-likeness (QED) is 0.677. The van der Waals surface area contributed by atoms with Gasteiger partial charge in [0.1, 0.15) is 5.82 Å². The number of aryl methyl sites for hydroxylation is 1. The number of benzene rings is 2. The predicted octanol–water partition coefficient (Wildman–Crippen LogP) is 3.08. The molecule has 0 radical (unpaired) electrons. The molecule has 1 aromatic heterocycles. The lowest BCUT2D eigenvalue weighted by molar-refractivity contribution is -0.132. The molecule has 0 spiro atoms. The van der Waals surface area contributed by atoms with Crippen molar-refractivity contribution in [2.45, 2.75) is 32.1 Å². The summed E-state index contributed by atoms with van der Waals surface area (Å²) in [6.07, 6.45) is 4.11. The van der Waals surface area contributed by atoms with Crippen molar-refractivity contribution in [3.8, 4) is 0 Å². The number of nitrogens with two attached hydrogens (primary N) is 1. The Labute approximate surface area is 170 Å². The van der Waals surface area contributed by atoms with Crippen LogP contribution in [0.2, 0.25) is 0 Å². The van der Waals surface area contributed by atoms with Gasteiger partial charge in [0.2, 0.25) is 11.8 Å². The van der Waals surface area contributed by atoms with Gasteiger partial charge in [0, 0.05) is 31.5 Å². The van der Waals surface area contributed by atoms with Gasteiger partial charge in [0.25, 0.3) is 0 Å². The zero-order chi connectivity index (χ0) is 20.2. The highest BCUT2D eigenvalue weighted by molar-refractivity contribution is 5.92. The Morgan fingerprint density at radius 3 is 2.48 bits per heavy atom. The van der Waals surface area contributed by atoms with E-state index in [0.29, 0.717) is 24.3 Å². The van der Waals surface area contributed by atoms with E-state index in [-0.39, 0.29) is 5.91 Å². The maximum Gasteiger partial charge on any atom is 0.248 e. The van der Waals surface area contributed by atoms with Crippen molar-refractivity contribution in [2.75, 3.05) is 13.1 Å². The Balaban J connectivity index is 1.24. The largest absolute Gasteiger partial charge is 0.366 e. The molecular formula is C23H26N4O2. The number of primary amides is 1. The fraction of sp³-hybridized carbons (Fsp3) is 0.348. The van der Waals surface area contributed by atoms with Gasteiger partial charge < -0.3 is 15.6 Å². The van der Waals surface area contributed by atoms with Crippen LogP contribution in [-0.4, -0.2) is 39.8 Å². The highest BCUT2D eigenvalue weighted by atomic mass is 16.2. The maximum atomic E-state index is 12.6. The Morgan fingerprint density at radius 1 is 1.07 bits per heavy atom. The minimum Gasteiger partial charge on any atom is -0.366 e. The maximum absolute atomic E-state index is 12.6. The van der Waals surface area contributed by atoms with Crippen molar-refractivity contribution in [2.24, 2.45) is 11.7 Å². The number of carbonyl (C=O) groups excluding carboxylic acids is 2. The number of H-pyrrole nitrogens is 1. The zero-order valence-electron chi connectivity index (χ0n) is 16.4. The number of hydrogen-bond acceptors (Lipinski definition) is 3. The zero-order valence-corrected chi connectivity index (χ0v) is 16.4. The summed E-state index contributed by atoms with van der Waals surface area (Å²) in [6, 6.07) is 15.4. The lowest BCUT2D eigenvalue weighted by Crippen LogP contribution is -2.39. The van der Waals surface area contributed by atoms with Gasteiger partial charge in [0.05, 0.1) is 11.0 Å². The molecule has 6 heteroatoms. The van der Waals surface area contributed by atoms with Crippen molar-refractivity contribution in [1.29, 1.82) is 0 Å². The first-order valence-corrected chi connectivity index (χ1v) is 10.2. The van der Waals surface area contributed by atoms with Gasteiger partial charge >= 0.3 is 0 Å². The Bertz CT molecular complexity index is 968. The summed E-state index contributed by atoms with van der Waals surface area (Å²) in [4.78, 5) is 33.6. The SMILES string of the molecule is NC(=O)c1ccc(CC2CCN(C(=O)CCc3nc4ccccc4[nH]3)CC2)cc1. The standard InChI is InChI=1S/C23H26N4O2/c24-23(29)18-7-5-16(6-8-18)15-17-11-13-27(14-12-17)22(28)10-9-21-25-19-3-1-2-4-20(19)26-21/h1-8,17H,9-15H2,(H2,24,29)(H,25,26). The number of nitrogens with one attached hydrogen (secondary N) is 1. The number of rotatable bonds is 6. The van der Waals surface area contributed by atoms with Crippen LogP contribution in [0, 0.1) is 5.92 Å². The average molecular weight is 390 g/mol. The number of piperidine rings is 1. The number of hydrogen-bond donors (Lipinski definition) is 2. The summed E-state index contributed by atoms with van der Waals surface area (Å²) in [6.45, 7) is 1.62. The average Bonchev–Trinajstić information content (AvgIpc) is 3.16. The number of imidazole rings is 1. The molecule has 1 aliphatic heterocycles. The second-order valence-corrected chi connectivity index (χ2v) is 7.79. The third kappa shape index (κ3) is 4.65.